The van der Waals surface area contributed by atoms with Crippen molar-refractivity contribution in [2.45, 2.75) is 32.4 Å². The average molecular weight is 239 g/mol. The Labute approximate surface area is 99.1 Å². The van der Waals surface area contributed by atoms with Crippen LogP contribution in [-0.4, -0.2) is 27.1 Å². The molecule has 17 heavy (non-hydrogen) atoms. The number of nitrogens with one attached hydrogen (secondary N) is 1. The Hall–Kier alpha value is -2.05. The number of primary amides is 1. The molecule has 7 nitrogen and oxygen atoms in total. The minimum absolute atomic E-state index is 0.0550. The van der Waals surface area contributed by atoms with Crippen molar-refractivity contribution in [2.75, 3.05) is 5.73 Å². The number of nitrogen functional groups attached to an aromatic ring is 1. The van der Waals surface area contributed by atoms with Crippen LogP contribution in [0.25, 0.3) is 0 Å². The van der Waals surface area contributed by atoms with Crippen molar-refractivity contribution in [3.05, 3.63) is 12.3 Å². The molecule has 0 aliphatic carbocycles. The molecule has 0 atom stereocenters. The van der Waals surface area contributed by atoms with E-state index in [4.69, 9.17) is 11.5 Å². The van der Waals surface area contributed by atoms with Gasteiger partial charge >= 0.3 is 0 Å². The quantitative estimate of drug-likeness (QED) is 0.626. The predicted octanol–water partition coefficient (Wildman–Crippen LogP) is -0.764. The number of hydrogen-bond donors (Lipinski definition) is 3. The van der Waals surface area contributed by atoms with E-state index < -0.39 is 11.4 Å². The molecule has 0 saturated carbocycles. The molecule has 1 heterocycles. The monoisotopic (exact) mass is 239 g/mol. The van der Waals surface area contributed by atoms with Gasteiger partial charge in [-0.1, -0.05) is 0 Å². The van der Waals surface area contributed by atoms with Crippen LogP contribution in [0.4, 0.5) is 5.82 Å². The lowest BCUT2D eigenvalue weighted by Gasteiger charge is -2.24. The minimum atomic E-state index is -0.665. The van der Waals surface area contributed by atoms with E-state index in [2.05, 4.69) is 10.4 Å². The van der Waals surface area contributed by atoms with Crippen LogP contribution in [0.1, 0.15) is 20.3 Å². The topological polar surface area (TPSA) is 116 Å². The molecule has 0 aliphatic rings. The molecule has 1 aromatic rings. The van der Waals surface area contributed by atoms with Crippen LogP contribution < -0.4 is 16.8 Å². The summed E-state index contributed by atoms with van der Waals surface area (Å²) >= 11 is 0. The lowest BCUT2D eigenvalue weighted by molar-refractivity contribution is -0.124. The number of anilines is 1. The van der Waals surface area contributed by atoms with Gasteiger partial charge in [-0.15, -0.1) is 0 Å². The van der Waals surface area contributed by atoms with Crippen LogP contribution in [-0.2, 0) is 16.1 Å². The van der Waals surface area contributed by atoms with Crippen LogP contribution in [0.2, 0.25) is 0 Å². The molecule has 0 saturated heterocycles. The van der Waals surface area contributed by atoms with Crippen LogP contribution in [0, 0.1) is 0 Å². The number of rotatable bonds is 5. The zero-order valence-electron chi connectivity index (χ0n) is 9.93. The first-order valence-electron chi connectivity index (χ1n) is 5.17. The molecule has 5 N–H and O–H groups in total. The molecule has 1 rings (SSSR count). The van der Waals surface area contributed by atoms with Gasteiger partial charge in [0.1, 0.15) is 12.4 Å². The average Bonchev–Trinajstić information content (AvgIpc) is 2.46. The van der Waals surface area contributed by atoms with E-state index in [1.165, 1.54) is 4.68 Å². The second kappa shape index (κ2) is 4.86. The number of amides is 2. The zero-order valence-corrected chi connectivity index (χ0v) is 9.93. The largest absolute Gasteiger partial charge is 0.382 e. The lowest BCUT2D eigenvalue weighted by atomic mass is 10.0. The molecule has 0 bridgehead atoms. The molecule has 94 valence electrons. The van der Waals surface area contributed by atoms with Crippen LogP contribution >= 0.6 is 0 Å². The van der Waals surface area contributed by atoms with Gasteiger partial charge in [-0.25, -0.2) is 0 Å². The summed E-state index contributed by atoms with van der Waals surface area (Å²) in [6.45, 7) is 3.51. The summed E-state index contributed by atoms with van der Waals surface area (Å²) < 4.78 is 1.42. The Balaban J connectivity index is 2.52. The predicted molar refractivity (Wildman–Crippen MR) is 62.7 cm³/mol. The Morgan fingerprint density at radius 1 is 1.53 bits per heavy atom. The summed E-state index contributed by atoms with van der Waals surface area (Å²) in [5.41, 5.74) is 9.84. The highest BCUT2D eigenvalue weighted by atomic mass is 16.2. The maximum absolute atomic E-state index is 11.7. The van der Waals surface area contributed by atoms with Gasteiger partial charge in [0.25, 0.3) is 0 Å². The summed E-state index contributed by atoms with van der Waals surface area (Å²) in [5, 5.41) is 6.59. The SMILES string of the molecule is CC(C)(CC(N)=O)NC(=O)Cn1ccc(N)n1. The first-order chi connectivity index (χ1) is 7.78. The van der Waals surface area contributed by atoms with Gasteiger partial charge in [-0.2, -0.15) is 5.10 Å². The van der Waals surface area contributed by atoms with E-state index in [1.807, 2.05) is 0 Å². The van der Waals surface area contributed by atoms with Crippen molar-refractivity contribution < 1.29 is 9.59 Å². The van der Waals surface area contributed by atoms with Gasteiger partial charge in [0.2, 0.25) is 11.8 Å². The molecule has 0 aromatic carbocycles. The number of hydrogen-bond acceptors (Lipinski definition) is 4. The van der Waals surface area contributed by atoms with E-state index in [1.54, 1.807) is 26.1 Å². The molecule has 0 spiro atoms. The van der Waals surface area contributed by atoms with Crippen molar-refractivity contribution in [3.63, 3.8) is 0 Å². The molecule has 0 unspecified atom stereocenters. The van der Waals surface area contributed by atoms with Gasteiger partial charge in [-0.3, -0.25) is 14.3 Å². The van der Waals surface area contributed by atoms with Crippen LogP contribution in [0.15, 0.2) is 12.3 Å². The molecule has 7 heteroatoms. The fraction of sp³-hybridized carbons (Fsp3) is 0.500. The number of aromatic nitrogens is 2. The second-order valence-corrected chi connectivity index (χ2v) is 4.51. The highest BCUT2D eigenvalue weighted by Gasteiger charge is 2.22. The first kappa shape index (κ1) is 13.0. The third kappa shape index (κ3) is 4.54. The van der Waals surface area contributed by atoms with Crippen LogP contribution in [0.3, 0.4) is 0 Å². The zero-order chi connectivity index (χ0) is 13.1. The minimum Gasteiger partial charge on any atom is -0.382 e. The number of nitrogens with zero attached hydrogens (tertiary/aromatic N) is 2. The summed E-state index contributed by atoms with van der Waals surface area (Å²) in [7, 11) is 0. The first-order valence-corrected chi connectivity index (χ1v) is 5.17. The second-order valence-electron chi connectivity index (χ2n) is 4.51. The molecule has 2 amide bonds. The van der Waals surface area contributed by atoms with Gasteiger partial charge in [0, 0.05) is 18.2 Å². The summed E-state index contributed by atoms with van der Waals surface area (Å²) in [6, 6.07) is 1.60. The highest BCUT2D eigenvalue weighted by molar-refractivity contribution is 5.79. The third-order valence-corrected chi connectivity index (χ3v) is 2.06. The number of carbonyl (C=O) groups is 2. The van der Waals surface area contributed by atoms with E-state index >= 15 is 0 Å². The van der Waals surface area contributed by atoms with E-state index in [-0.39, 0.29) is 18.9 Å². The van der Waals surface area contributed by atoms with Crippen LogP contribution in [0.5, 0.6) is 0 Å². The van der Waals surface area contributed by atoms with Gasteiger partial charge in [0.05, 0.1) is 0 Å². The Kier molecular flexibility index (Phi) is 3.72. The van der Waals surface area contributed by atoms with Crippen molar-refractivity contribution >= 4 is 17.6 Å². The molecular weight excluding hydrogens is 222 g/mol. The van der Waals surface area contributed by atoms with Gasteiger partial charge < -0.3 is 16.8 Å². The van der Waals surface area contributed by atoms with Gasteiger partial charge in [0.15, 0.2) is 0 Å². The maximum Gasteiger partial charge on any atom is 0.242 e. The fourth-order valence-corrected chi connectivity index (χ4v) is 1.51. The molecule has 0 radical (unpaired) electrons. The summed E-state index contributed by atoms with van der Waals surface area (Å²) in [5.74, 6) is -0.354. The van der Waals surface area contributed by atoms with E-state index in [0.717, 1.165) is 0 Å². The smallest absolute Gasteiger partial charge is 0.242 e. The van der Waals surface area contributed by atoms with E-state index in [9.17, 15) is 9.59 Å². The van der Waals surface area contributed by atoms with Gasteiger partial charge in [-0.05, 0) is 19.9 Å². The number of nitrogens with two attached hydrogens (primary N) is 2. The molecule has 0 aliphatic heterocycles. The van der Waals surface area contributed by atoms with Crippen molar-refractivity contribution in [3.8, 4) is 0 Å². The summed E-state index contributed by atoms with van der Waals surface area (Å²) in [4.78, 5) is 22.4. The molecular formula is C10H17N5O2. The standard InChI is InChI=1S/C10H17N5O2/c1-10(2,5-8(12)16)13-9(17)6-15-4-3-7(11)14-15/h3-4H,5-6H2,1-2H3,(H2,11,14)(H2,12,16)(H,13,17). The normalized spacial score (nSPS) is 11.2. The highest BCUT2D eigenvalue weighted by Crippen LogP contribution is 2.07. The van der Waals surface area contributed by atoms with Crippen molar-refractivity contribution in [2.24, 2.45) is 5.73 Å². The number of carbonyl (C=O) groups excluding carboxylic acids is 2. The molecule has 0 fully saturated rings. The van der Waals surface area contributed by atoms with Crippen molar-refractivity contribution in [1.29, 1.82) is 0 Å². The third-order valence-electron chi connectivity index (χ3n) is 2.06. The van der Waals surface area contributed by atoms with E-state index in [0.29, 0.717) is 5.82 Å². The summed E-state index contributed by atoms with van der Waals surface area (Å²) in [6.07, 6.45) is 1.69. The fourth-order valence-electron chi connectivity index (χ4n) is 1.51. The lowest BCUT2D eigenvalue weighted by Crippen LogP contribution is -2.47. The Morgan fingerprint density at radius 2 is 2.18 bits per heavy atom. The Morgan fingerprint density at radius 3 is 2.65 bits per heavy atom. The van der Waals surface area contributed by atoms with Crippen molar-refractivity contribution in [1.82, 2.24) is 15.1 Å². The molecule has 1 aromatic heterocycles. The Bertz CT molecular complexity index is 424. The maximum atomic E-state index is 11.7.